The van der Waals surface area contributed by atoms with Gasteiger partial charge in [0.1, 0.15) is 12.1 Å². The van der Waals surface area contributed by atoms with Gasteiger partial charge in [-0.05, 0) is 25.0 Å². The van der Waals surface area contributed by atoms with Gasteiger partial charge in [-0.1, -0.05) is 28.1 Å². The molecule has 2 aliphatic rings. The highest BCUT2D eigenvalue weighted by atomic mass is 79.9. The zero-order valence-electron chi connectivity index (χ0n) is 10.9. The minimum absolute atomic E-state index is 0.0452. The molecule has 1 aromatic carbocycles. The van der Waals surface area contributed by atoms with Crippen LogP contribution >= 0.6 is 15.9 Å². The molecule has 0 amide bonds. The fourth-order valence-corrected chi connectivity index (χ4v) is 2.88. The van der Waals surface area contributed by atoms with Gasteiger partial charge in [0.2, 0.25) is 0 Å². The number of hydrogen-bond acceptors (Lipinski definition) is 4. The number of rotatable bonds is 0. The summed E-state index contributed by atoms with van der Waals surface area (Å²) in [5.74, 6) is -0.0452. The highest BCUT2D eigenvalue weighted by Gasteiger charge is 2.30. The zero-order chi connectivity index (χ0) is 15.0. The van der Waals surface area contributed by atoms with Crippen molar-refractivity contribution in [1.29, 1.82) is 10.5 Å². The molecule has 0 saturated heterocycles. The molecule has 0 unspecified atom stereocenters. The van der Waals surface area contributed by atoms with Crippen LogP contribution in [0.25, 0.3) is 5.70 Å². The number of allylic oxidation sites excluding steroid dienone is 3. The molecule has 5 heteroatoms. The Hall–Kier alpha value is -2.50. The lowest BCUT2D eigenvalue weighted by Gasteiger charge is -2.06. The van der Waals surface area contributed by atoms with E-state index in [1.165, 1.54) is 0 Å². The van der Waals surface area contributed by atoms with Crippen molar-refractivity contribution in [1.82, 2.24) is 0 Å². The Kier molecular flexibility index (Phi) is 3.29. The van der Waals surface area contributed by atoms with Crippen LogP contribution in [0.5, 0.6) is 0 Å². The third kappa shape index (κ3) is 2.12. The number of aliphatic imine (C=N–C) groups is 1. The summed E-state index contributed by atoms with van der Waals surface area (Å²) in [5.41, 5.74) is 2.79. The lowest BCUT2D eigenvalue weighted by atomic mass is 10.0. The molecule has 1 aliphatic carbocycles. The normalized spacial score (nSPS) is 21.8. The fourth-order valence-electron chi connectivity index (χ4n) is 2.52. The molecule has 0 bridgehead atoms. The predicted octanol–water partition coefficient (Wildman–Crippen LogP) is 3.56. The monoisotopic (exact) mass is 337 g/mol. The Morgan fingerprint density at radius 2 is 2.00 bits per heavy atom. The van der Waals surface area contributed by atoms with E-state index in [1.54, 1.807) is 12.1 Å². The molecule has 0 N–H and O–H groups in total. The highest BCUT2D eigenvalue weighted by molar-refractivity contribution is 9.10. The maximum atomic E-state index is 12.5. The number of benzene rings is 1. The van der Waals surface area contributed by atoms with Crippen molar-refractivity contribution in [3.63, 3.8) is 0 Å². The van der Waals surface area contributed by atoms with E-state index >= 15 is 0 Å². The molecule has 1 aromatic rings. The number of carbonyl (C=O) groups excluding carboxylic acids is 1. The van der Waals surface area contributed by atoms with Crippen LogP contribution in [0.15, 0.2) is 44.9 Å². The van der Waals surface area contributed by atoms with Crippen molar-refractivity contribution in [2.75, 3.05) is 0 Å². The number of nitrogens with zero attached hydrogens (tertiary/aromatic N) is 3. The van der Waals surface area contributed by atoms with Crippen LogP contribution in [0.1, 0.15) is 28.8 Å². The molecule has 21 heavy (non-hydrogen) atoms. The van der Waals surface area contributed by atoms with Gasteiger partial charge in [-0.2, -0.15) is 10.5 Å². The Morgan fingerprint density at radius 1 is 1.19 bits per heavy atom. The lowest BCUT2D eigenvalue weighted by molar-refractivity contribution is 0.103. The minimum Gasteiger partial charge on any atom is -0.289 e. The van der Waals surface area contributed by atoms with Gasteiger partial charge in [-0.3, -0.25) is 4.79 Å². The van der Waals surface area contributed by atoms with Crippen molar-refractivity contribution in [2.45, 2.75) is 12.8 Å². The second-order valence-corrected chi connectivity index (χ2v) is 5.60. The summed E-state index contributed by atoms with van der Waals surface area (Å²) >= 11 is 3.36. The Balaban J connectivity index is 2.24. The van der Waals surface area contributed by atoms with E-state index in [9.17, 15) is 10.1 Å². The first-order valence-corrected chi connectivity index (χ1v) is 7.12. The maximum absolute atomic E-state index is 12.5. The van der Waals surface area contributed by atoms with Crippen molar-refractivity contribution >= 4 is 33.1 Å². The summed E-state index contributed by atoms with van der Waals surface area (Å²) in [4.78, 5) is 16.8. The molecule has 4 nitrogen and oxygen atoms in total. The van der Waals surface area contributed by atoms with Crippen LogP contribution in [-0.4, -0.2) is 11.5 Å². The molecule has 3 rings (SSSR count). The van der Waals surface area contributed by atoms with Crippen LogP contribution in [0.4, 0.5) is 0 Å². The van der Waals surface area contributed by atoms with E-state index in [1.807, 2.05) is 24.3 Å². The van der Waals surface area contributed by atoms with E-state index in [2.05, 4.69) is 20.9 Å². The van der Waals surface area contributed by atoms with E-state index in [4.69, 9.17) is 5.26 Å². The number of ketones is 1. The number of Topliss-reactive ketones (excluding diaryl/α,β-unsaturated/α-hetero) is 1. The van der Waals surface area contributed by atoms with Gasteiger partial charge < -0.3 is 0 Å². The number of fused-ring (bicyclic) bond motifs is 2. The molecule has 1 aliphatic heterocycles. The lowest BCUT2D eigenvalue weighted by Crippen LogP contribution is -2.03. The zero-order valence-corrected chi connectivity index (χ0v) is 12.4. The van der Waals surface area contributed by atoms with Gasteiger partial charge >= 0.3 is 0 Å². The third-order valence-electron chi connectivity index (χ3n) is 3.49. The summed E-state index contributed by atoms with van der Waals surface area (Å²) < 4.78 is 0.824. The molecule has 1 heterocycles. The molecule has 0 radical (unpaired) electrons. The second kappa shape index (κ2) is 5.12. The number of halogens is 1. The Labute approximate surface area is 129 Å². The average Bonchev–Trinajstić information content (AvgIpc) is 2.71. The van der Waals surface area contributed by atoms with Crippen molar-refractivity contribution in [3.8, 4) is 12.1 Å². The Bertz CT molecular complexity index is 847. The molecule has 0 spiro atoms. The molecule has 0 saturated carbocycles. The summed E-state index contributed by atoms with van der Waals surface area (Å²) in [6.07, 6.45) is 2.73. The fraction of sp³-hybridized carbons (Fsp3) is 0.125. The predicted molar refractivity (Wildman–Crippen MR) is 81.4 cm³/mol. The van der Waals surface area contributed by atoms with Gasteiger partial charge in [-0.15, -0.1) is 0 Å². The second-order valence-electron chi connectivity index (χ2n) is 4.69. The largest absolute Gasteiger partial charge is 0.289 e. The summed E-state index contributed by atoms with van der Waals surface area (Å²) in [5, 5.41) is 18.3. The molecule has 0 atom stereocenters. The quantitative estimate of drug-likeness (QED) is 0.726. The van der Waals surface area contributed by atoms with Crippen LogP contribution in [0.3, 0.4) is 0 Å². The molecular weight excluding hydrogens is 330 g/mol. The Morgan fingerprint density at radius 3 is 2.71 bits per heavy atom. The van der Waals surface area contributed by atoms with Gasteiger partial charge in [0.25, 0.3) is 0 Å². The number of hydrogen-bond donors (Lipinski definition) is 0. The summed E-state index contributed by atoms with van der Waals surface area (Å²) in [7, 11) is 0. The van der Waals surface area contributed by atoms with E-state index < -0.39 is 0 Å². The van der Waals surface area contributed by atoms with Gasteiger partial charge in [0.05, 0.1) is 11.3 Å². The van der Waals surface area contributed by atoms with Crippen LogP contribution in [0.2, 0.25) is 0 Å². The van der Waals surface area contributed by atoms with E-state index in [-0.39, 0.29) is 17.1 Å². The number of carbonyl (C=O) groups is 1. The molecule has 0 aromatic heterocycles. The molecule has 100 valence electrons. The summed E-state index contributed by atoms with van der Waals surface area (Å²) in [6, 6.07) is 9.35. The smallest absolute Gasteiger partial charge is 0.191 e. The van der Waals surface area contributed by atoms with Gasteiger partial charge in [0.15, 0.2) is 11.5 Å². The molecular formula is C16H8BrN3O. The van der Waals surface area contributed by atoms with Gasteiger partial charge in [-0.25, -0.2) is 4.99 Å². The van der Waals surface area contributed by atoms with Crippen molar-refractivity contribution in [2.24, 2.45) is 4.99 Å². The third-order valence-corrected chi connectivity index (χ3v) is 3.98. The minimum atomic E-state index is -0.0452. The first-order chi connectivity index (χ1) is 10.2. The van der Waals surface area contributed by atoms with Crippen molar-refractivity contribution in [3.05, 3.63) is 51.0 Å². The topological polar surface area (TPSA) is 77.0 Å². The molecule has 0 fully saturated rings. The van der Waals surface area contributed by atoms with Gasteiger partial charge in [0, 0.05) is 21.2 Å². The average molecular weight is 338 g/mol. The van der Waals surface area contributed by atoms with Crippen LogP contribution in [-0.2, 0) is 0 Å². The van der Waals surface area contributed by atoms with Crippen LogP contribution in [0, 0.1) is 22.7 Å². The summed E-state index contributed by atoms with van der Waals surface area (Å²) in [6.45, 7) is 0. The standard InChI is InChI=1S/C16H8BrN3O/c17-10-4-5-11-13(6-10)16(21)12-3-1-2-9(7-18)14(8-19)20-15(11)12/h2,4-6H,1,3H2/b9-2+,20-14-. The maximum Gasteiger partial charge on any atom is 0.191 e. The first kappa shape index (κ1) is 13.5. The van der Waals surface area contributed by atoms with E-state index in [0.717, 1.165) is 10.0 Å². The highest BCUT2D eigenvalue weighted by Crippen LogP contribution is 2.38. The first-order valence-electron chi connectivity index (χ1n) is 6.33. The SMILES string of the molecule is N#CC1=C\CCC2=C(/N=C\1C#N)c1ccc(Br)cc1C2=O. The number of nitriles is 2. The van der Waals surface area contributed by atoms with Crippen molar-refractivity contribution < 1.29 is 4.79 Å². The van der Waals surface area contributed by atoms with E-state index in [0.29, 0.717) is 29.7 Å². The van der Waals surface area contributed by atoms with Crippen LogP contribution < -0.4 is 0 Å².